The monoisotopic (exact) mass is 294 g/mol. The van der Waals surface area contributed by atoms with Crippen molar-refractivity contribution in [1.29, 1.82) is 0 Å². The minimum Gasteiger partial charge on any atom is -0.481 e. The Kier molecular flexibility index (Phi) is 4.65. The average Bonchev–Trinajstić information content (AvgIpc) is 2.94. The van der Waals surface area contributed by atoms with Crippen molar-refractivity contribution in [3.05, 3.63) is 12.2 Å². The number of allylic oxidation sites excluding steroid dienone is 2. The summed E-state index contributed by atoms with van der Waals surface area (Å²) in [6, 6.07) is -0.437. The molecule has 2 amide bonds. The van der Waals surface area contributed by atoms with Crippen molar-refractivity contribution in [2.75, 3.05) is 20.6 Å². The van der Waals surface area contributed by atoms with Crippen LogP contribution in [0.4, 0.5) is 0 Å². The summed E-state index contributed by atoms with van der Waals surface area (Å²) in [5, 5.41) is 9.28. The van der Waals surface area contributed by atoms with Gasteiger partial charge in [0, 0.05) is 20.6 Å². The van der Waals surface area contributed by atoms with E-state index >= 15 is 0 Å². The lowest BCUT2D eigenvalue weighted by Gasteiger charge is -2.32. The number of carbonyl (C=O) groups is 3. The van der Waals surface area contributed by atoms with E-state index < -0.39 is 23.8 Å². The SMILES string of the molecule is CN(C)C(=O)C1CCCN1C(=O)C1CC=CCC1C(=O)O. The van der Waals surface area contributed by atoms with Gasteiger partial charge in [-0.15, -0.1) is 0 Å². The molecule has 0 aromatic rings. The van der Waals surface area contributed by atoms with E-state index in [0.717, 1.165) is 6.42 Å². The molecule has 6 heteroatoms. The van der Waals surface area contributed by atoms with Gasteiger partial charge in [-0.25, -0.2) is 0 Å². The van der Waals surface area contributed by atoms with Crippen LogP contribution in [0.3, 0.4) is 0 Å². The lowest BCUT2D eigenvalue weighted by atomic mass is 9.82. The summed E-state index contributed by atoms with van der Waals surface area (Å²) >= 11 is 0. The van der Waals surface area contributed by atoms with E-state index in [0.29, 0.717) is 25.8 Å². The molecule has 1 heterocycles. The first-order valence-corrected chi connectivity index (χ1v) is 7.33. The summed E-state index contributed by atoms with van der Waals surface area (Å²) < 4.78 is 0. The third kappa shape index (κ3) is 3.09. The number of amides is 2. The quantitative estimate of drug-likeness (QED) is 0.779. The molecule has 1 aliphatic heterocycles. The Bertz CT molecular complexity index is 472. The third-order valence-corrected chi connectivity index (χ3v) is 4.33. The molecule has 0 aromatic carbocycles. The van der Waals surface area contributed by atoms with Gasteiger partial charge in [0.2, 0.25) is 11.8 Å². The summed E-state index contributed by atoms with van der Waals surface area (Å²) in [7, 11) is 3.35. The first kappa shape index (κ1) is 15.5. The highest BCUT2D eigenvalue weighted by Crippen LogP contribution is 2.30. The number of nitrogens with zero attached hydrogens (tertiary/aromatic N) is 2. The fourth-order valence-electron chi connectivity index (χ4n) is 3.16. The molecule has 0 aromatic heterocycles. The summed E-state index contributed by atoms with van der Waals surface area (Å²) in [5.41, 5.74) is 0. The zero-order valence-electron chi connectivity index (χ0n) is 12.5. The average molecular weight is 294 g/mol. The number of hydrogen-bond acceptors (Lipinski definition) is 3. The molecule has 2 rings (SSSR count). The van der Waals surface area contributed by atoms with Crippen molar-refractivity contribution in [1.82, 2.24) is 9.80 Å². The Morgan fingerprint density at radius 3 is 2.33 bits per heavy atom. The molecule has 6 nitrogen and oxygen atoms in total. The van der Waals surface area contributed by atoms with Crippen LogP contribution in [0.15, 0.2) is 12.2 Å². The topological polar surface area (TPSA) is 77.9 Å². The van der Waals surface area contributed by atoms with Crippen LogP contribution >= 0.6 is 0 Å². The van der Waals surface area contributed by atoms with Crippen LogP contribution in [0, 0.1) is 11.8 Å². The van der Waals surface area contributed by atoms with Gasteiger partial charge >= 0.3 is 5.97 Å². The van der Waals surface area contributed by atoms with Crippen molar-refractivity contribution < 1.29 is 19.5 Å². The van der Waals surface area contributed by atoms with E-state index in [2.05, 4.69) is 0 Å². The summed E-state index contributed by atoms with van der Waals surface area (Å²) in [6.45, 7) is 0.537. The van der Waals surface area contributed by atoms with E-state index in [1.54, 1.807) is 19.0 Å². The standard InChI is InChI=1S/C15H22N2O4/c1-16(2)14(19)12-8-5-9-17(12)13(18)10-6-3-4-7-11(10)15(20)21/h3-4,10-12H,5-9H2,1-2H3,(H,20,21). The number of carboxylic acid groups (broad SMARTS) is 1. The first-order chi connectivity index (χ1) is 9.93. The van der Waals surface area contributed by atoms with Gasteiger partial charge in [-0.05, 0) is 25.7 Å². The molecule has 0 bridgehead atoms. The van der Waals surface area contributed by atoms with Crippen molar-refractivity contribution in [2.24, 2.45) is 11.8 Å². The van der Waals surface area contributed by atoms with E-state index in [1.165, 1.54) is 4.90 Å². The van der Waals surface area contributed by atoms with Gasteiger partial charge in [-0.3, -0.25) is 14.4 Å². The summed E-state index contributed by atoms with van der Waals surface area (Å²) in [6.07, 6.45) is 5.94. The number of rotatable bonds is 3. The van der Waals surface area contributed by atoms with Gasteiger partial charge in [0.25, 0.3) is 0 Å². The van der Waals surface area contributed by atoms with E-state index in [1.807, 2.05) is 12.2 Å². The lowest BCUT2D eigenvalue weighted by Crippen LogP contribution is -2.49. The van der Waals surface area contributed by atoms with E-state index in [4.69, 9.17) is 0 Å². The number of likely N-dealkylation sites (tertiary alicyclic amines) is 1. The van der Waals surface area contributed by atoms with Crippen LogP contribution < -0.4 is 0 Å². The van der Waals surface area contributed by atoms with Gasteiger partial charge in [0.15, 0.2) is 0 Å². The second-order valence-corrected chi connectivity index (χ2v) is 5.92. The minimum absolute atomic E-state index is 0.0842. The molecule has 3 unspecified atom stereocenters. The van der Waals surface area contributed by atoms with Crippen LogP contribution in [0.2, 0.25) is 0 Å². The van der Waals surface area contributed by atoms with Crippen molar-refractivity contribution in [2.45, 2.75) is 31.7 Å². The Balaban J connectivity index is 2.16. The number of carbonyl (C=O) groups excluding carboxylic acids is 2. The van der Waals surface area contributed by atoms with Crippen LogP contribution in [0.5, 0.6) is 0 Å². The molecular formula is C15H22N2O4. The van der Waals surface area contributed by atoms with Crippen LogP contribution in [-0.2, 0) is 14.4 Å². The maximum absolute atomic E-state index is 12.7. The number of carboxylic acids is 1. The Morgan fingerprint density at radius 2 is 1.76 bits per heavy atom. The minimum atomic E-state index is -0.938. The third-order valence-electron chi connectivity index (χ3n) is 4.33. The van der Waals surface area contributed by atoms with Gasteiger partial charge < -0.3 is 14.9 Å². The smallest absolute Gasteiger partial charge is 0.307 e. The number of hydrogen-bond donors (Lipinski definition) is 1. The highest BCUT2D eigenvalue weighted by atomic mass is 16.4. The van der Waals surface area contributed by atoms with E-state index in [9.17, 15) is 19.5 Å². The molecule has 0 saturated carbocycles. The van der Waals surface area contributed by atoms with Gasteiger partial charge in [0.1, 0.15) is 6.04 Å². The Labute approximate surface area is 124 Å². The fourth-order valence-corrected chi connectivity index (χ4v) is 3.16. The molecular weight excluding hydrogens is 272 g/mol. The molecule has 0 spiro atoms. The highest BCUT2D eigenvalue weighted by molar-refractivity contribution is 5.91. The lowest BCUT2D eigenvalue weighted by molar-refractivity contribution is -0.152. The first-order valence-electron chi connectivity index (χ1n) is 7.33. The molecule has 3 atom stereocenters. The normalized spacial score (nSPS) is 28.5. The second-order valence-electron chi connectivity index (χ2n) is 5.92. The second kappa shape index (κ2) is 6.28. The maximum Gasteiger partial charge on any atom is 0.307 e. The van der Waals surface area contributed by atoms with Crippen LogP contribution in [0.25, 0.3) is 0 Å². The zero-order valence-corrected chi connectivity index (χ0v) is 12.5. The van der Waals surface area contributed by atoms with Crippen LogP contribution in [0.1, 0.15) is 25.7 Å². The Morgan fingerprint density at radius 1 is 1.14 bits per heavy atom. The van der Waals surface area contributed by atoms with Gasteiger partial charge in [0.05, 0.1) is 11.8 Å². The maximum atomic E-state index is 12.7. The molecule has 1 N–H and O–H groups in total. The van der Waals surface area contributed by atoms with Crippen molar-refractivity contribution >= 4 is 17.8 Å². The number of likely N-dealkylation sites (N-methyl/N-ethyl adjacent to an activating group) is 1. The van der Waals surface area contributed by atoms with Crippen LogP contribution in [-0.4, -0.2) is 59.4 Å². The molecule has 21 heavy (non-hydrogen) atoms. The molecule has 1 saturated heterocycles. The molecule has 2 aliphatic rings. The molecule has 1 aliphatic carbocycles. The number of aliphatic carboxylic acids is 1. The predicted molar refractivity (Wildman–Crippen MR) is 76.4 cm³/mol. The van der Waals surface area contributed by atoms with Crippen molar-refractivity contribution in [3.8, 4) is 0 Å². The van der Waals surface area contributed by atoms with Crippen molar-refractivity contribution in [3.63, 3.8) is 0 Å². The Hall–Kier alpha value is -1.85. The highest BCUT2D eigenvalue weighted by Gasteiger charge is 2.42. The zero-order chi connectivity index (χ0) is 15.6. The fraction of sp³-hybridized carbons (Fsp3) is 0.667. The molecule has 116 valence electrons. The summed E-state index contributed by atoms with van der Waals surface area (Å²) in [4.78, 5) is 39.3. The largest absolute Gasteiger partial charge is 0.481 e. The molecule has 1 fully saturated rings. The van der Waals surface area contributed by atoms with E-state index in [-0.39, 0.29) is 11.8 Å². The van der Waals surface area contributed by atoms with Gasteiger partial charge in [-0.2, -0.15) is 0 Å². The van der Waals surface area contributed by atoms with Gasteiger partial charge in [-0.1, -0.05) is 12.2 Å². The molecule has 0 radical (unpaired) electrons. The predicted octanol–water partition coefficient (Wildman–Crippen LogP) is 0.733. The summed E-state index contributed by atoms with van der Waals surface area (Å²) in [5.74, 6) is -2.45.